The van der Waals surface area contributed by atoms with Crippen LogP contribution >= 0.6 is 35.7 Å². The van der Waals surface area contributed by atoms with E-state index in [1.807, 2.05) is 18.8 Å². The van der Waals surface area contributed by atoms with E-state index in [1.54, 1.807) is 0 Å². The van der Waals surface area contributed by atoms with E-state index in [9.17, 15) is 0 Å². The molecule has 0 aliphatic carbocycles. The second-order valence-corrected chi connectivity index (χ2v) is 7.43. The van der Waals surface area contributed by atoms with E-state index < -0.39 is 0 Å². The zero-order valence-corrected chi connectivity index (χ0v) is 17.5. The first-order valence-electron chi connectivity index (χ1n) is 7.53. The molecule has 0 aliphatic rings. The quantitative estimate of drug-likeness (QED) is 0.385. The Morgan fingerprint density at radius 2 is 1.86 bits per heavy atom. The van der Waals surface area contributed by atoms with Crippen LogP contribution in [0.25, 0.3) is 0 Å². The van der Waals surface area contributed by atoms with Crippen molar-refractivity contribution in [1.82, 2.24) is 10.6 Å². The molecule has 2 N–H and O–H groups in total. The Labute approximate surface area is 157 Å². The summed E-state index contributed by atoms with van der Waals surface area (Å²) >= 11 is 1.86. The minimum Gasteiger partial charge on any atom is -0.356 e. The maximum absolute atomic E-state index is 4.28. The molecular formula is C17H30IN3S. The van der Waals surface area contributed by atoms with Crippen LogP contribution in [0.2, 0.25) is 0 Å². The zero-order valence-electron chi connectivity index (χ0n) is 14.3. The third-order valence-corrected chi connectivity index (χ3v) is 4.95. The van der Waals surface area contributed by atoms with Gasteiger partial charge in [-0.3, -0.25) is 4.99 Å². The van der Waals surface area contributed by atoms with Crippen molar-refractivity contribution in [3.05, 3.63) is 35.9 Å². The van der Waals surface area contributed by atoms with E-state index >= 15 is 0 Å². The molecule has 0 aromatic heterocycles. The highest BCUT2D eigenvalue weighted by Crippen LogP contribution is 2.19. The summed E-state index contributed by atoms with van der Waals surface area (Å²) in [7, 11) is 1.82. The molecule has 0 spiro atoms. The summed E-state index contributed by atoms with van der Waals surface area (Å²) in [4.78, 5) is 4.28. The number of guanidine groups is 1. The maximum Gasteiger partial charge on any atom is 0.191 e. The van der Waals surface area contributed by atoms with Crippen LogP contribution < -0.4 is 10.6 Å². The van der Waals surface area contributed by atoms with Crippen molar-refractivity contribution in [1.29, 1.82) is 0 Å². The van der Waals surface area contributed by atoms with Gasteiger partial charge >= 0.3 is 0 Å². The largest absolute Gasteiger partial charge is 0.356 e. The summed E-state index contributed by atoms with van der Waals surface area (Å²) in [6.07, 6.45) is 3.23. The van der Waals surface area contributed by atoms with Gasteiger partial charge in [0, 0.05) is 24.9 Å². The van der Waals surface area contributed by atoms with Crippen molar-refractivity contribution in [2.24, 2.45) is 4.99 Å². The minimum atomic E-state index is 0. The first-order valence-corrected chi connectivity index (χ1v) is 8.75. The molecule has 3 nitrogen and oxygen atoms in total. The van der Waals surface area contributed by atoms with Crippen molar-refractivity contribution in [2.45, 2.75) is 37.9 Å². The van der Waals surface area contributed by atoms with Crippen molar-refractivity contribution in [3.63, 3.8) is 0 Å². The fraction of sp³-hybridized carbons (Fsp3) is 0.588. The van der Waals surface area contributed by atoms with Gasteiger partial charge in [-0.05, 0) is 38.0 Å². The molecule has 0 saturated carbocycles. The van der Waals surface area contributed by atoms with Crippen LogP contribution in [-0.2, 0) is 0 Å². The van der Waals surface area contributed by atoms with Gasteiger partial charge in [0.2, 0.25) is 0 Å². The van der Waals surface area contributed by atoms with E-state index in [0.717, 1.165) is 25.5 Å². The minimum absolute atomic E-state index is 0. The highest BCUT2D eigenvalue weighted by atomic mass is 127. The molecule has 0 heterocycles. The van der Waals surface area contributed by atoms with E-state index in [0.29, 0.717) is 5.92 Å². The summed E-state index contributed by atoms with van der Waals surface area (Å²) in [6, 6.07) is 10.7. The van der Waals surface area contributed by atoms with Crippen LogP contribution in [0.3, 0.4) is 0 Å². The van der Waals surface area contributed by atoms with E-state index in [2.05, 4.69) is 73.0 Å². The van der Waals surface area contributed by atoms with E-state index in [1.165, 1.54) is 5.56 Å². The van der Waals surface area contributed by atoms with Crippen molar-refractivity contribution in [3.8, 4) is 0 Å². The predicted molar refractivity (Wildman–Crippen MR) is 112 cm³/mol. The highest BCUT2D eigenvalue weighted by molar-refractivity contribution is 14.0. The number of thioether (sulfide) groups is 1. The zero-order chi connectivity index (χ0) is 15.7. The smallest absolute Gasteiger partial charge is 0.191 e. The molecule has 1 unspecified atom stereocenters. The average Bonchev–Trinajstić information content (AvgIpc) is 2.51. The fourth-order valence-corrected chi connectivity index (χ4v) is 2.16. The van der Waals surface area contributed by atoms with Crippen molar-refractivity contribution in [2.75, 3.05) is 26.4 Å². The topological polar surface area (TPSA) is 36.4 Å². The SMILES string of the molecule is CN=C(NCCC(C)c1ccccc1)NCC(C)(C)SC.I. The Kier molecular flexibility index (Phi) is 10.9. The molecule has 5 heteroatoms. The number of benzene rings is 1. The number of aliphatic imine (C=N–C) groups is 1. The predicted octanol–water partition coefficient (Wildman–Crippen LogP) is 4.10. The molecule has 0 amide bonds. The van der Waals surface area contributed by atoms with Gasteiger partial charge in [0.1, 0.15) is 0 Å². The summed E-state index contributed by atoms with van der Waals surface area (Å²) in [5.41, 5.74) is 1.39. The van der Waals surface area contributed by atoms with E-state index in [-0.39, 0.29) is 28.7 Å². The Balaban J connectivity index is 0.00000441. The Bertz CT molecular complexity index is 435. The second kappa shape index (κ2) is 11.2. The lowest BCUT2D eigenvalue weighted by atomic mass is 9.98. The van der Waals surface area contributed by atoms with Gasteiger partial charge in [0.05, 0.1) is 0 Å². The van der Waals surface area contributed by atoms with E-state index in [4.69, 9.17) is 0 Å². The number of nitrogens with one attached hydrogen (secondary N) is 2. The van der Waals surface area contributed by atoms with Crippen molar-refractivity contribution >= 4 is 41.7 Å². The first kappa shape index (κ1) is 21.6. The monoisotopic (exact) mass is 435 g/mol. The molecule has 1 rings (SSSR count). The Hall–Kier alpha value is -0.430. The molecule has 22 heavy (non-hydrogen) atoms. The standard InChI is InChI=1S/C17H29N3S.HI/c1-14(15-9-7-6-8-10-15)11-12-19-16(18-4)20-13-17(2,3)21-5;/h6-10,14H,11-13H2,1-5H3,(H2,18,19,20);1H. The maximum atomic E-state index is 4.28. The third-order valence-electron chi connectivity index (χ3n) is 3.70. The molecule has 1 aromatic carbocycles. The lowest BCUT2D eigenvalue weighted by Gasteiger charge is -2.24. The summed E-state index contributed by atoms with van der Waals surface area (Å²) in [5, 5.41) is 6.79. The molecule has 126 valence electrons. The molecule has 0 fully saturated rings. The normalized spacial score (nSPS) is 13.2. The van der Waals surface area contributed by atoms with Crippen LogP contribution in [0.1, 0.15) is 38.7 Å². The Morgan fingerprint density at radius 3 is 2.41 bits per heavy atom. The number of hydrogen-bond donors (Lipinski definition) is 2. The van der Waals surface area contributed by atoms with Gasteiger partial charge in [-0.2, -0.15) is 11.8 Å². The molecular weight excluding hydrogens is 405 g/mol. The molecule has 0 bridgehead atoms. The van der Waals surface area contributed by atoms with Gasteiger partial charge in [0.25, 0.3) is 0 Å². The lowest BCUT2D eigenvalue weighted by Crippen LogP contribution is -2.43. The second-order valence-electron chi connectivity index (χ2n) is 5.92. The van der Waals surface area contributed by atoms with Crippen LogP contribution in [0.5, 0.6) is 0 Å². The number of halogens is 1. The van der Waals surface area contributed by atoms with Gasteiger partial charge in [-0.1, -0.05) is 37.3 Å². The summed E-state index contributed by atoms with van der Waals surface area (Å²) in [5.74, 6) is 1.44. The third kappa shape index (κ3) is 8.27. The molecule has 1 atom stereocenters. The average molecular weight is 435 g/mol. The van der Waals surface area contributed by atoms with Gasteiger partial charge in [-0.25, -0.2) is 0 Å². The van der Waals surface area contributed by atoms with Crippen LogP contribution in [0.15, 0.2) is 35.3 Å². The molecule has 0 radical (unpaired) electrons. The van der Waals surface area contributed by atoms with Crippen molar-refractivity contribution < 1.29 is 0 Å². The summed E-state index contributed by atoms with van der Waals surface area (Å²) < 4.78 is 0.217. The molecule has 0 saturated heterocycles. The number of hydrogen-bond acceptors (Lipinski definition) is 2. The molecule has 0 aliphatic heterocycles. The van der Waals surface area contributed by atoms with Crippen LogP contribution in [0.4, 0.5) is 0 Å². The first-order chi connectivity index (χ1) is 9.98. The van der Waals surface area contributed by atoms with Crippen LogP contribution in [0, 0.1) is 0 Å². The summed E-state index contributed by atoms with van der Waals surface area (Å²) in [6.45, 7) is 8.56. The highest BCUT2D eigenvalue weighted by Gasteiger charge is 2.16. The number of nitrogens with zero attached hydrogens (tertiary/aromatic N) is 1. The Morgan fingerprint density at radius 1 is 1.23 bits per heavy atom. The fourth-order valence-electron chi connectivity index (χ4n) is 1.94. The van der Waals surface area contributed by atoms with Gasteiger partial charge in [0.15, 0.2) is 5.96 Å². The number of rotatable bonds is 7. The van der Waals surface area contributed by atoms with Crippen LogP contribution in [-0.4, -0.2) is 37.1 Å². The molecule has 1 aromatic rings. The van der Waals surface area contributed by atoms with Gasteiger partial charge < -0.3 is 10.6 Å². The van der Waals surface area contributed by atoms with Gasteiger partial charge in [-0.15, -0.1) is 24.0 Å². The lowest BCUT2D eigenvalue weighted by molar-refractivity contribution is 0.634.